The van der Waals surface area contributed by atoms with Crippen LogP contribution >= 0.6 is 0 Å². The predicted molar refractivity (Wildman–Crippen MR) is 133 cm³/mol. The third kappa shape index (κ3) is 5.38. The lowest BCUT2D eigenvalue weighted by Gasteiger charge is -2.40. The SMILES string of the molecule is COC(=O)c1cc(O)ccc1NCC(C(=O)c1ccccc1)N1CCN(c2ccccc2)CC1. The second-order valence-corrected chi connectivity index (χ2v) is 8.21. The lowest BCUT2D eigenvalue weighted by molar-refractivity contribution is 0.0601. The molecular formula is C27H29N3O4. The average Bonchev–Trinajstić information content (AvgIpc) is 2.90. The quantitative estimate of drug-likeness (QED) is 0.302. The molecule has 0 aromatic heterocycles. The van der Waals surface area contributed by atoms with E-state index in [0.29, 0.717) is 17.8 Å². The Hall–Kier alpha value is -3.84. The van der Waals surface area contributed by atoms with E-state index >= 15 is 0 Å². The third-order valence-electron chi connectivity index (χ3n) is 6.13. The highest BCUT2D eigenvalue weighted by atomic mass is 16.5. The molecule has 1 unspecified atom stereocenters. The molecule has 3 aromatic carbocycles. The molecule has 0 amide bonds. The number of aromatic hydroxyl groups is 1. The van der Waals surface area contributed by atoms with Crippen molar-refractivity contribution in [3.05, 3.63) is 90.0 Å². The number of esters is 1. The molecule has 1 fully saturated rings. The number of hydrogen-bond donors (Lipinski definition) is 2. The molecule has 0 aliphatic carbocycles. The Morgan fingerprint density at radius 2 is 1.59 bits per heavy atom. The number of anilines is 2. The molecular weight excluding hydrogens is 430 g/mol. The van der Waals surface area contributed by atoms with Crippen LogP contribution in [-0.2, 0) is 4.74 Å². The van der Waals surface area contributed by atoms with E-state index in [1.165, 1.54) is 24.9 Å². The summed E-state index contributed by atoms with van der Waals surface area (Å²) in [5.41, 5.74) is 2.57. The number of para-hydroxylation sites is 1. The maximum Gasteiger partial charge on any atom is 0.340 e. The second-order valence-electron chi connectivity index (χ2n) is 8.21. The number of phenols is 1. The highest BCUT2D eigenvalue weighted by Crippen LogP contribution is 2.24. The Morgan fingerprint density at radius 3 is 2.24 bits per heavy atom. The van der Waals surface area contributed by atoms with E-state index in [-0.39, 0.29) is 17.1 Å². The van der Waals surface area contributed by atoms with Gasteiger partial charge in [-0.15, -0.1) is 0 Å². The molecule has 34 heavy (non-hydrogen) atoms. The van der Waals surface area contributed by atoms with Gasteiger partial charge in [0.2, 0.25) is 0 Å². The number of hydrogen-bond acceptors (Lipinski definition) is 7. The van der Waals surface area contributed by atoms with Gasteiger partial charge in [0.15, 0.2) is 5.78 Å². The fourth-order valence-corrected chi connectivity index (χ4v) is 4.28. The number of nitrogens with one attached hydrogen (secondary N) is 1. The number of rotatable bonds is 8. The predicted octanol–water partition coefficient (Wildman–Crippen LogP) is 3.66. The second kappa shape index (κ2) is 10.9. The normalized spacial score (nSPS) is 14.9. The molecule has 7 heteroatoms. The Labute approximate surface area is 199 Å². The van der Waals surface area contributed by atoms with Crippen LogP contribution in [0.3, 0.4) is 0 Å². The van der Waals surface area contributed by atoms with E-state index in [2.05, 4.69) is 27.2 Å². The number of ketones is 1. The Bertz CT molecular complexity index is 1110. The fourth-order valence-electron chi connectivity index (χ4n) is 4.28. The van der Waals surface area contributed by atoms with Crippen LogP contribution in [0.25, 0.3) is 0 Å². The van der Waals surface area contributed by atoms with E-state index < -0.39 is 12.0 Å². The van der Waals surface area contributed by atoms with Gasteiger partial charge in [-0.2, -0.15) is 0 Å². The Kier molecular flexibility index (Phi) is 7.44. The molecule has 0 radical (unpaired) electrons. The van der Waals surface area contributed by atoms with Crippen LogP contribution in [0.2, 0.25) is 0 Å². The van der Waals surface area contributed by atoms with Gasteiger partial charge in [0.05, 0.1) is 18.7 Å². The molecule has 1 heterocycles. The summed E-state index contributed by atoms with van der Waals surface area (Å²) in [6, 6.07) is 23.6. The molecule has 0 saturated carbocycles. The molecule has 3 aromatic rings. The summed E-state index contributed by atoms with van der Waals surface area (Å²) in [4.78, 5) is 30.2. The first-order chi connectivity index (χ1) is 16.6. The number of phenolic OH excluding ortho intramolecular Hbond substituents is 1. The van der Waals surface area contributed by atoms with Gasteiger partial charge >= 0.3 is 5.97 Å². The maximum absolute atomic E-state index is 13.5. The van der Waals surface area contributed by atoms with Crippen molar-refractivity contribution in [2.45, 2.75) is 6.04 Å². The molecule has 1 aliphatic heterocycles. The number of Topliss-reactive ketones (excluding diaryl/α,β-unsaturated/α-hetero) is 1. The van der Waals surface area contributed by atoms with Crippen molar-refractivity contribution in [2.75, 3.05) is 50.1 Å². The molecule has 176 valence electrons. The van der Waals surface area contributed by atoms with Gasteiger partial charge in [0.1, 0.15) is 5.75 Å². The van der Waals surface area contributed by atoms with Crippen molar-refractivity contribution in [1.29, 1.82) is 0 Å². The number of ether oxygens (including phenoxy) is 1. The van der Waals surface area contributed by atoms with Crippen LogP contribution in [-0.4, -0.2) is 67.6 Å². The minimum Gasteiger partial charge on any atom is -0.508 e. The van der Waals surface area contributed by atoms with Crippen molar-refractivity contribution in [3.8, 4) is 5.75 Å². The van der Waals surface area contributed by atoms with E-state index in [9.17, 15) is 14.7 Å². The van der Waals surface area contributed by atoms with Gasteiger partial charge in [0, 0.05) is 49.7 Å². The topological polar surface area (TPSA) is 82.1 Å². The van der Waals surface area contributed by atoms with Crippen molar-refractivity contribution >= 4 is 23.1 Å². The first-order valence-corrected chi connectivity index (χ1v) is 11.4. The van der Waals surface area contributed by atoms with Crippen LogP contribution in [0.5, 0.6) is 5.75 Å². The Balaban J connectivity index is 1.53. The van der Waals surface area contributed by atoms with Gasteiger partial charge in [-0.25, -0.2) is 4.79 Å². The van der Waals surface area contributed by atoms with Crippen molar-refractivity contribution < 1.29 is 19.4 Å². The fraction of sp³-hybridized carbons (Fsp3) is 0.259. The highest BCUT2D eigenvalue weighted by Gasteiger charge is 2.30. The monoisotopic (exact) mass is 459 g/mol. The largest absolute Gasteiger partial charge is 0.508 e. The summed E-state index contributed by atoms with van der Waals surface area (Å²) in [5, 5.41) is 13.1. The van der Waals surface area contributed by atoms with Gasteiger partial charge in [0.25, 0.3) is 0 Å². The zero-order chi connectivity index (χ0) is 23.9. The molecule has 1 atom stereocenters. The van der Waals surface area contributed by atoms with Crippen LogP contribution in [0.15, 0.2) is 78.9 Å². The highest BCUT2D eigenvalue weighted by molar-refractivity contribution is 6.01. The van der Waals surface area contributed by atoms with E-state index in [4.69, 9.17) is 4.74 Å². The molecule has 0 bridgehead atoms. The van der Waals surface area contributed by atoms with Crippen LogP contribution < -0.4 is 10.2 Å². The molecule has 4 rings (SSSR count). The molecule has 2 N–H and O–H groups in total. The zero-order valence-corrected chi connectivity index (χ0v) is 19.2. The van der Waals surface area contributed by atoms with Gasteiger partial charge in [-0.05, 0) is 30.3 Å². The van der Waals surface area contributed by atoms with Gasteiger partial charge in [-0.1, -0.05) is 48.5 Å². The summed E-state index contributed by atoms with van der Waals surface area (Å²) in [7, 11) is 1.30. The smallest absolute Gasteiger partial charge is 0.340 e. The van der Waals surface area contributed by atoms with Crippen LogP contribution in [0.1, 0.15) is 20.7 Å². The first-order valence-electron chi connectivity index (χ1n) is 11.4. The zero-order valence-electron chi connectivity index (χ0n) is 19.2. The number of nitrogens with zero attached hydrogens (tertiary/aromatic N) is 2. The van der Waals surface area contributed by atoms with Crippen molar-refractivity contribution in [2.24, 2.45) is 0 Å². The lowest BCUT2D eigenvalue weighted by atomic mass is 10.0. The third-order valence-corrected chi connectivity index (χ3v) is 6.13. The van der Waals surface area contributed by atoms with E-state index in [1.807, 2.05) is 48.5 Å². The summed E-state index contributed by atoms with van der Waals surface area (Å²) in [5.74, 6) is -0.555. The van der Waals surface area contributed by atoms with Gasteiger partial charge in [-0.3, -0.25) is 9.69 Å². The molecule has 0 spiro atoms. The summed E-state index contributed by atoms with van der Waals surface area (Å²) in [6.07, 6.45) is 0. The first kappa shape index (κ1) is 23.3. The minimum atomic E-state index is -0.555. The molecule has 7 nitrogen and oxygen atoms in total. The number of carbonyl (C=O) groups is 2. The molecule has 1 aliphatic rings. The summed E-state index contributed by atoms with van der Waals surface area (Å²) >= 11 is 0. The van der Waals surface area contributed by atoms with Crippen LogP contribution in [0.4, 0.5) is 11.4 Å². The number of carbonyl (C=O) groups excluding carboxylic acids is 2. The minimum absolute atomic E-state index is 0.0275. The Morgan fingerprint density at radius 1 is 0.941 bits per heavy atom. The van der Waals surface area contributed by atoms with E-state index in [0.717, 1.165) is 26.2 Å². The van der Waals surface area contributed by atoms with Crippen molar-refractivity contribution in [1.82, 2.24) is 4.90 Å². The number of methoxy groups -OCH3 is 1. The maximum atomic E-state index is 13.5. The summed E-state index contributed by atoms with van der Waals surface area (Å²) in [6.45, 7) is 3.41. The number of piperazine rings is 1. The number of benzene rings is 3. The standard InChI is InChI=1S/C27H29N3O4/c1-34-27(33)23-18-22(31)12-13-24(23)28-19-25(26(32)20-8-4-2-5-9-20)30-16-14-29(15-17-30)21-10-6-3-7-11-21/h2-13,18,25,28,31H,14-17,19H2,1H3. The van der Waals surface area contributed by atoms with E-state index in [1.54, 1.807) is 6.07 Å². The van der Waals surface area contributed by atoms with Crippen molar-refractivity contribution in [3.63, 3.8) is 0 Å². The van der Waals surface area contributed by atoms with Gasteiger partial charge < -0.3 is 20.1 Å². The van der Waals surface area contributed by atoms with Crippen LogP contribution in [0, 0.1) is 0 Å². The lowest BCUT2D eigenvalue weighted by Crippen LogP contribution is -2.55. The average molecular weight is 460 g/mol. The summed E-state index contributed by atoms with van der Waals surface area (Å²) < 4.78 is 4.85. The molecule has 1 saturated heterocycles.